The largest absolute Gasteiger partial charge is 0.456 e. The number of sulfonamides is 1. The third kappa shape index (κ3) is 3.08. The lowest BCUT2D eigenvalue weighted by Gasteiger charge is -2.05. The van der Waals surface area contributed by atoms with Gasteiger partial charge in [0.15, 0.2) is 0 Å². The molecule has 1 N–H and O–H groups in total. The van der Waals surface area contributed by atoms with Crippen molar-refractivity contribution in [3.05, 3.63) is 53.2 Å². The van der Waals surface area contributed by atoms with Gasteiger partial charge in [0, 0.05) is 23.5 Å². The molecular formula is C16H16N2O4S2. The van der Waals surface area contributed by atoms with Gasteiger partial charge in [-0.25, -0.2) is 17.9 Å². The van der Waals surface area contributed by atoms with Gasteiger partial charge in [-0.2, -0.15) is 0 Å². The van der Waals surface area contributed by atoms with Crippen molar-refractivity contribution in [1.29, 1.82) is 0 Å². The molecule has 24 heavy (non-hydrogen) atoms. The smallest absolute Gasteiger partial charge is 0.355 e. The van der Waals surface area contributed by atoms with E-state index in [2.05, 4.69) is 4.72 Å². The normalized spacial score (nSPS) is 11.8. The van der Waals surface area contributed by atoms with Crippen molar-refractivity contribution in [2.45, 2.75) is 11.5 Å². The molecule has 0 amide bonds. The zero-order chi connectivity index (χ0) is 17.3. The number of nitrogens with one attached hydrogen (secondary N) is 1. The van der Waals surface area contributed by atoms with Crippen molar-refractivity contribution in [2.24, 2.45) is 7.05 Å². The molecule has 2 heterocycles. The van der Waals surface area contributed by atoms with Crippen molar-refractivity contribution in [1.82, 2.24) is 9.29 Å². The molecule has 0 aliphatic rings. The van der Waals surface area contributed by atoms with Gasteiger partial charge in [0.25, 0.3) is 0 Å². The van der Waals surface area contributed by atoms with Crippen molar-refractivity contribution in [2.75, 3.05) is 7.05 Å². The molecule has 0 saturated heterocycles. The van der Waals surface area contributed by atoms with Crippen LogP contribution in [0.25, 0.3) is 10.1 Å². The molecule has 3 rings (SSSR count). The van der Waals surface area contributed by atoms with Crippen LogP contribution in [0.1, 0.15) is 16.1 Å². The average molecular weight is 364 g/mol. The molecule has 0 radical (unpaired) electrons. The van der Waals surface area contributed by atoms with E-state index in [1.54, 1.807) is 18.4 Å². The maximum Gasteiger partial charge on any atom is 0.355 e. The lowest BCUT2D eigenvalue weighted by atomic mass is 10.2. The lowest BCUT2D eigenvalue weighted by Crippen LogP contribution is -2.17. The number of aryl methyl sites for hydroxylation is 1. The first kappa shape index (κ1) is 16.7. The Bertz CT molecular complexity index is 1000. The highest BCUT2D eigenvalue weighted by molar-refractivity contribution is 7.89. The zero-order valence-corrected chi connectivity index (χ0v) is 14.8. The summed E-state index contributed by atoms with van der Waals surface area (Å²) in [6, 6.07) is 9.20. The summed E-state index contributed by atoms with van der Waals surface area (Å²) in [6.07, 6.45) is 1.38. The number of hydrogen-bond donors (Lipinski definition) is 1. The quantitative estimate of drug-likeness (QED) is 0.706. The number of esters is 1. The van der Waals surface area contributed by atoms with Crippen LogP contribution >= 0.6 is 11.3 Å². The van der Waals surface area contributed by atoms with Crippen LogP contribution in [-0.2, 0) is 28.4 Å². The third-order valence-electron chi connectivity index (χ3n) is 3.69. The lowest BCUT2D eigenvalue weighted by molar-refractivity contribution is 0.0463. The predicted octanol–water partition coefficient (Wildman–Crippen LogP) is 2.50. The molecule has 2 aromatic heterocycles. The van der Waals surface area contributed by atoms with Crippen LogP contribution in [-0.4, -0.2) is 26.0 Å². The van der Waals surface area contributed by atoms with Gasteiger partial charge in [-0.15, -0.1) is 11.3 Å². The Balaban J connectivity index is 1.78. The minimum absolute atomic E-state index is 0.0282. The predicted molar refractivity (Wildman–Crippen MR) is 92.6 cm³/mol. The maximum absolute atomic E-state index is 12.3. The molecule has 0 spiro atoms. The van der Waals surface area contributed by atoms with E-state index in [1.807, 2.05) is 29.6 Å². The Morgan fingerprint density at radius 3 is 2.83 bits per heavy atom. The fourth-order valence-corrected chi connectivity index (χ4v) is 4.11. The first-order chi connectivity index (χ1) is 11.4. The highest BCUT2D eigenvalue weighted by Crippen LogP contribution is 2.26. The Labute approximate surface area is 143 Å². The second-order valence-corrected chi connectivity index (χ2v) is 8.01. The van der Waals surface area contributed by atoms with Crippen LogP contribution in [0.3, 0.4) is 0 Å². The zero-order valence-electron chi connectivity index (χ0n) is 13.1. The molecule has 126 valence electrons. The summed E-state index contributed by atoms with van der Waals surface area (Å²) in [7, 11) is -0.673. The van der Waals surface area contributed by atoms with E-state index >= 15 is 0 Å². The van der Waals surface area contributed by atoms with Crippen LogP contribution in [0, 0.1) is 0 Å². The third-order valence-corrected chi connectivity index (χ3v) is 6.08. The molecule has 6 nitrogen and oxygen atoms in total. The molecule has 0 bridgehead atoms. The number of carbonyl (C=O) groups is 1. The SMILES string of the molecule is CNS(=O)(=O)c1cc(C(=O)OCc2csc3ccccc23)n(C)c1. The number of carbonyl (C=O) groups excluding carboxylic acids is 1. The summed E-state index contributed by atoms with van der Waals surface area (Å²) in [5, 5.41) is 3.01. The Morgan fingerprint density at radius 2 is 2.08 bits per heavy atom. The topological polar surface area (TPSA) is 77.4 Å². The number of aromatic nitrogens is 1. The number of hydrogen-bond acceptors (Lipinski definition) is 5. The molecule has 8 heteroatoms. The minimum atomic E-state index is -3.60. The van der Waals surface area contributed by atoms with Crippen molar-refractivity contribution in [3.63, 3.8) is 0 Å². The summed E-state index contributed by atoms with van der Waals surface area (Å²) < 4.78 is 33.8. The van der Waals surface area contributed by atoms with Crippen molar-refractivity contribution in [3.8, 4) is 0 Å². The average Bonchev–Trinajstić information content (AvgIpc) is 3.17. The van der Waals surface area contributed by atoms with Gasteiger partial charge in [-0.1, -0.05) is 18.2 Å². The molecular weight excluding hydrogens is 348 g/mol. The van der Waals surface area contributed by atoms with Gasteiger partial charge in [0.05, 0.1) is 0 Å². The minimum Gasteiger partial charge on any atom is -0.456 e. The summed E-state index contributed by atoms with van der Waals surface area (Å²) >= 11 is 1.59. The molecule has 0 aliphatic heterocycles. The van der Waals surface area contributed by atoms with Crippen LogP contribution in [0.15, 0.2) is 46.8 Å². The Kier molecular flexibility index (Phi) is 4.44. The van der Waals surface area contributed by atoms with Gasteiger partial charge >= 0.3 is 5.97 Å². The van der Waals surface area contributed by atoms with Crippen LogP contribution in [0.5, 0.6) is 0 Å². The molecule has 0 saturated carbocycles. The van der Waals surface area contributed by atoms with Gasteiger partial charge in [-0.3, -0.25) is 0 Å². The highest BCUT2D eigenvalue weighted by atomic mass is 32.2. The van der Waals surface area contributed by atoms with E-state index in [1.165, 1.54) is 23.9 Å². The van der Waals surface area contributed by atoms with Gasteiger partial charge in [0.1, 0.15) is 17.2 Å². The van der Waals surface area contributed by atoms with E-state index in [9.17, 15) is 13.2 Å². The van der Waals surface area contributed by atoms with Gasteiger partial charge in [0.2, 0.25) is 10.0 Å². The summed E-state index contributed by atoms with van der Waals surface area (Å²) in [5.74, 6) is -0.565. The number of rotatable bonds is 5. The number of fused-ring (bicyclic) bond motifs is 1. The monoisotopic (exact) mass is 364 g/mol. The van der Waals surface area contributed by atoms with Gasteiger partial charge in [-0.05, 0) is 29.9 Å². The van der Waals surface area contributed by atoms with E-state index < -0.39 is 16.0 Å². The molecule has 1 aromatic carbocycles. The number of thiophene rings is 1. The number of nitrogens with zero attached hydrogens (tertiary/aromatic N) is 1. The number of ether oxygens (including phenoxy) is 1. The fourth-order valence-electron chi connectivity index (χ4n) is 2.36. The standard InChI is InChI=1S/C16H16N2O4S2/c1-17-24(20,21)12-7-14(18(2)8-12)16(19)22-9-11-10-23-15-6-4-3-5-13(11)15/h3-8,10,17H,9H2,1-2H3. The molecule has 0 unspecified atom stereocenters. The Morgan fingerprint density at radius 1 is 1.33 bits per heavy atom. The van der Waals surface area contributed by atoms with E-state index in [4.69, 9.17) is 4.74 Å². The fraction of sp³-hybridized carbons (Fsp3) is 0.188. The first-order valence-corrected chi connectivity index (χ1v) is 9.51. The molecule has 0 atom stereocenters. The molecule has 3 aromatic rings. The van der Waals surface area contributed by atoms with Crippen LogP contribution in [0.2, 0.25) is 0 Å². The first-order valence-electron chi connectivity index (χ1n) is 7.14. The summed E-state index contributed by atoms with van der Waals surface area (Å²) in [5.41, 5.74) is 1.12. The highest BCUT2D eigenvalue weighted by Gasteiger charge is 2.20. The molecule has 0 aliphatic carbocycles. The number of benzene rings is 1. The maximum atomic E-state index is 12.3. The van der Waals surface area contributed by atoms with E-state index in [0.717, 1.165) is 15.6 Å². The van der Waals surface area contributed by atoms with Crippen LogP contribution < -0.4 is 4.72 Å². The summed E-state index contributed by atoms with van der Waals surface area (Å²) in [6.45, 7) is 0.141. The summed E-state index contributed by atoms with van der Waals surface area (Å²) in [4.78, 5) is 12.3. The second kappa shape index (κ2) is 6.39. The van der Waals surface area contributed by atoms with Crippen LogP contribution in [0.4, 0.5) is 0 Å². The van der Waals surface area contributed by atoms with Gasteiger partial charge < -0.3 is 9.30 Å². The van der Waals surface area contributed by atoms with E-state index in [0.29, 0.717) is 0 Å². The Hall–Kier alpha value is -2.16. The molecule has 0 fully saturated rings. The van der Waals surface area contributed by atoms with E-state index in [-0.39, 0.29) is 17.2 Å². The van der Waals surface area contributed by atoms with Crippen molar-refractivity contribution < 1.29 is 17.9 Å². The van der Waals surface area contributed by atoms with Crippen molar-refractivity contribution >= 4 is 37.4 Å². The second-order valence-electron chi connectivity index (χ2n) is 5.21.